The molecule has 6 heteroatoms. The van der Waals surface area contributed by atoms with Crippen molar-refractivity contribution < 1.29 is 0 Å². The van der Waals surface area contributed by atoms with Crippen molar-refractivity contribution >= 4 is 39.7 Å². The summed E-state index contributed by atoms with van der Waals surface area (Å²) in [6, 6.07) is 51.6. The van der Waals surface area contributed by atoms with Crippen molar-refractivity contribution in [2.24, 2.45) is 0 Å². The van der Waals surface area contributed by atoms with Crippen LogP contribution in [0.4, 0.5) is 0 Å². The molecule has 7 aromatic carbocycles. The maximum absolute atomic E-state index is 15.7. The van der Waals surface area contributed by atoms with Gasteiger partial charge >= 0.3 is 6.85 Å². The molecule has 2 spiro atoms. The Morgan fingerprint density at radius 2 is 1.16 bits per heavy atom. The van der Waals surface area contributed by atoms with Crippen LogP contribution < -0.4 is 16.5 Å². The third-order valence-corrected chi connectivity index (χ3v) is 17.2. The Kier molecular flexibility index (Phi) is 8.36. The molecule has 4 heterocycles. The molecule has 2 aromatic heterocycles. The van der Waals surface area contributed by atoms with Crippen LogP contribution in [0.3, 0.4) is 0 Å². The van der Waals surface area contributed by atoms with Gasteiger partial charge in [-0.25, -0.2) is 4.98 Å². The molecule has 67 heavy (non-hydrogen) atoms. The van der Waals surface area contributed by atoms with Crippen LogP contribution in [0.25, 0.3) is 78.1 Å². The zero-order chi connectivity index (χ0) is 44.9. The molecule has 9 aromatic rings. The zero-order valence-corrected chi connectivity index (χ0v) is 39.1. The summed E-state index contributed by atoms with van der Waals surface area (Å²) >= 11 is 0. The second kappa shape index (κ2) is 14.2. The average molecular weight is 871 g/mol. The van der Waals surface area contributed by atoms with E-state index in [0.29, 0.717) is 11.8 Å². The topological polar surface area (TPSA) is 44.8 Å². The quantitative estimate of drug-likeness (QED) is 0.156. The molecule has 3 aliphatic carbocycles. The van der Waals surface area contributed by atoms with Gasteiger partial charge in [-0.2, -0.15) is 0 Å². The molecule has 0 amide bonds. The smallest absolute Gasteiger partial charge is 0.293 e. The van der Waals surface area contributed by atoms with Crippen molar-refractivity contribution in [3.63, 3.8) is 0 Å². The Morgan fingerprint density at radius 1 is 0.582 bits per heavy atom. The fourth-order valence-electron chi connectivity index (χ4n) is 14.4. The molecule has 328 valence electrons. The van der Waals surface area contributed by atoms with Gasteiger partial charge in [-0.05, 0) is 146 Å². The lowest BCUT2D eigenvalue weighted by molar-refractivity contribution is 0.324. The molecular weight excluding hydrogens is 816 g/mol. The molecule has 0 radical (unpaired) electrons. The van der Waals surface area contributed by atoms with Crippen LogP contribution in [0.2, 0.25) is 0 Å². The Morgan fingerprint density at radius 3 is 1.78 bits per heavy atom. The van der Waals surface area contributed by atoms with Gasteiger partial charge < -0.3 is 0 Å². The monoisotopic (exact) mass is 870 g/mol. The van der Waals surface area contributed by atoms with E-state index in [4.69, 9.17) is 4.98 Å². The van der Waals surface area contributed by atoms with Crippen LogP contribution in [0, 0.1) is 0 Å². The summed E-state index contributed by atoms with van der Waals surface area (Å²) in [6.07, 6.45) is 11.5. The molecule has 0 atom stereocenters. The lowest BCUT2D eigenvalue weighted by atomic mass is 9.49. The lowest BCUT2D eigenvalue weighted by Crippen LogP contribution is -2.54. The summed E-state index contributed by atoms with van der Waals surface area (Å²) < 4.78 is 6.95. The van der Waals surface area contributed by atoms with E-state index < -0.39 is 0 Å². The van der Waals surface area contributed by atoms with E-state index >= 15 is 4.79 Å². The van der Waals surface area contributed by atoms with Crippen LogP contribution in [0.5, 0.6) is 0 Å². The molecular formula is C61H55BN4O. The molecule has 0 bridgehead atoms. The minimum atomic E-state index is -0.326. The van der Waals surface area contributed by atoms with Crippen LogP contribution in [-0.2, 0) is 10.8 Å². The van der Waals surface area contributed by atoms with E-state index in [1.165, 1.54) is 91.1 Å². The van der Waals surface area contributed by atoms with Crippen molar-refractivity contribution in [2.75, 3.05) is 0 Å². The van der Waals surface area contributed by atoms with Gasteiger partial charge in [0.25, 0.3) is 5.56 Å². The number of rotatable bonds is 6. The predicted molar refractivity (Wildman–Crippen MR) is 277 cm³/mol. The van der Waals surface area contributed by atoms with Crippen LogP contribution in [0.15, 0.2) is 144 Å². The minimum Gasteiger partial charge on any atom is -0.293 e. The summed E-state index contributed by atoms with van der Waals surface area (Å²) in [6.45, 7) is 8.91. The zero-order valence-electron chi connectivity index (χ0n) is 39.1. The second-order valence-electron chi connectivity index (χ2n) is 21.4. The van der Waals surface area contributed by atoms with Gasteiger partial charge in [0, 0.05) is 16.7 Å². The highest BCUT2D eigenvalue weighted by atomic mass is 16.1. The number of aromatic nitrogens is 4. The highest BCUT2D eigenvalue weighted by Crippen LogP contribution is 2.62. The molecule has 0 unspecified atom stereocenters. The van der Waals surface area contributed by atoms with Crippen molar-refractivity contribution in [3.8, 4) is 56.1 Å². The molecule has 2 fully saturated rings. The average Bonchev–Trinajstić information content (AvgIpc) is 4.23. The van der Waals surface area contributed by atoms with Gasteiger partial charge in [-0.1, -0.05) is 163 Å². The first-order valence-corrected chi connectivity index (χ1v) is 25.1. The largest absolute Gasteiger partial charge is 0.357 e. The van der Waals surface area contributed by atoms with E-state index in [-0.39, 0.29) is 23.2 Å². The summed E-state index contributed by atoms with van der Waals surface area (Å²) in [7, 11) is 0. The number of fused-ring (bicyclic) bond motifs is 11. The van der Waals surface area contributed by atoms with E-state index in [0.717, 1.165) is 72.4 Å². The Bertz CT molecular complexity index is 3510. The van der Waals surface area contributed by atoms with Crippen molar-refractivity contribution in [2.45, 2.75) is 108 Å². The predicted octanol–water partition coefficient (Wildman–Crippen LogP) is 13.4. The van der Waals surface area contributed by atoms with Crippen LogP contribution >= 0.6 is 0 Å². The molecule has 14 rings (SSSR count). The molecule has 5 aliphatic rings. The third-order valence-electron chi connectivity index (χ3n) is 17.2. The second-order valence-corrected chi connectivity index (χ2v) is 21.4. The summed E-state index contributed by atoms with van der Waals surface area (Å²) in [5.41, 5.74) is 22.1. The van der Waals surface area contributed by atoms with Gasteiger partial charge in [0.2, 0.25) is 0 Å². The SMILES string of the molecule is CC(C)c1cccc(C(C)C)c1-c1ccc2c(c1)B1c3c(ccc4nc(-c5c(-c6ccccc6)cccc5-c5ccccc5)n-2c34)-n2c3cc4c(cc3c(=O)n21)C1(CCCC1)CC41CCCC1. The highest BCUT2D eigenvalue weighted by molar-refractivity contribution is 6.88. The molecule has 2 saturated carbocycles. The fraction of sp³-hybridized carbons (Fsp3) is 0.279. The van der Waals surface area contributed by atoms with E-state index in [1.54, 1.807) is 5.56 Å². The summed E-state index contributed by atoms with van der Waals surface area (Å²) in [4.78, 5) is 21.5. The first-order valence-electron chi connectivity index (χ1n) is 25.1. The van der Waals surface area contributed by atoms with Crippen molar-refractivity contribution in [3.05, 3.63) is 172 Å². The molecule has 5 nitrogen and oxygen atoms in total. The minimum absolute atomic E-state index is 0.114. The number of hydrogen-bond acceptors (Lipinski definition) is 2. The van der Waals surface area contributed by atoms with Gasteiger partial charge in [0.15, 0.2) is 0 Å². The van der Waals surface area contributed by atoms with E-state index in [1.807, 2.05) is 0 Å². The number of benzene rings is 7. The maximum Gasteiger partial charge on any atom is 0.357 e. The molecule has 2 aliphatic heterocycles. The van der Waals surface area contributed by atoms with Gasteiger partial charge in [0.1, 0.15) is 5.82 Å². The third kappa shape index (κ3) is 5.33. The number of imidazole rings is 1. The van der Waals surface area contributed by atoms with Crippen LogP contribution in [0.1, 0.15) is 120 Å². The Balaban J connectivity index is 1.10. The van der Waals surface area contributed by atoms with Gasteiger partial charge in [0.05, 0.1) is 27.6 Å². The Labute approximate surface area is 393 Å². The molecule has 0 N–H and O–H groups in total. The first kappa shape index (κ1) is 39.5. The normalized spacial score (nSPS) is 17.0. The van der Waals surface area contributed by atoms with E-state index in [2.05, 4.69) is 181 Å². The van der Waals surface area contributed by atoms with Gasteiger partial charge in [-0.15, -0.1) is 0 Å². The highest BCUT2D eigenvalue weighted by Gasteiger charge is 2.54. The van der Waals surface area contributed by atoms with Crippen molar-refractivity contribution in [1.29, 1.82) is 0 Å². The number of nitrogens with zero attached hydrogens (tertiary/aromatic N) is 4. The van der Waals surface area contributed by atoms with E-state index in [9.17, 15) is 0 Å². The summed E-state index contributed by atoms with van der Waals surface area (Å²) in [5, 5.41) is 0.875. The fourth-order valence-corrected chi connectivity index (χ4v) is 14.4. The Hall–Kier alpha value is -6.66. The van der Waals surface area contributed by atoms with Crippen LogP contribution in [-0.4, -0.2) is 25.7 Å². The van der Waals surface area contributed by atoms with Crippen molar-refractivity contribution in [1.82, 2.24) is 18.8 Å². The summed E-state index contributed by atoms with van der Waals surface area (Å²) in [5.74, 6) is 1.59. The standard InChI is InChI=1S/C61H55BN4O/c1-37(2)42-21-15-22-43(38(3)4)54(42)41-25-27-51-49(33-41)62-56-52(65-53-35-48-47(34-46(53)59(67)66(62)65)60(29-11-12-30-60)36-61(48)31-13-14-32-61)28-26-50-57(56)64(51)58(63-50)55-44(39-17-7-5-8-18-39)23-16-24-45(55)40-19-9-6-10-20-40/h5-10,15-28,33-35,37-38H,11-14,29-32,36H2,1-4H3. The maximum atomic E-state index is 15.7. The van der Waals surface area contributed by atoms with Gasteiger partial charge in [-0.3, -0.25) is 18.6 Å². The molecule has 0 saturated heterocycles. The lowest BCUT2D eigenvalue weighted by Gasteiger charge is -2.29. The number of hydrogen-bond donors (Lipinski definition) is 0. The first-order chi connectivity index (χ1) is 32.8.